The number of halogens is 1. The number of nitrogens with one attached hydrogen (secondary N) is 1. The first-order chi connectivity index (χ1) is 21.4. The van der Waals surface area contributed by atoms with Gasteiger partial charge < -0.3 is 19.9 Å². The lowest BCUT2D eigenvalue weighted by molar-refractivity contribution is 0.0982. The van der Waals surface area contributed by atoms with E-state index in [1.54, 1.807) is 24.3 Å². The Balaban J connectivity index is 1.29. The third-order valence-corrected chi connectivity index (χ3v) is 8.51. The molecule has 1 aromatic carbocycles. The topological polar surface area (TPSA) is 70.6 Å². The Morgan fingerprint density at radius 2 is 1.89 bits per heavy atom. The maximum Gasteiger partial charge on any atom is 0.276 e. The summed E-state index contributed by atoms with van der Waals surface area (Å²) in [6.07, 6.45) is 9.87. The van der Waals surface area contributed by atoms with E-state index in [4.69, 9.17) is 4.74 Å². The minimum Gasteiger partial charge on any atom is -0.382 e. The van der Waals surface area contributed by atoms with Crippen LogP contribution in [0, 0.1) is 5.82 Å². The zero-order valence-corrected chi connectivity index (χ0v) is 25.8. The number of pyridine rings is 2. The number of carbonyl (C=O) groups is 1. The quantitative estimate of drug-likeness (QED) is 0.286. The standard InChI is InChI=1S/C36H40FN5O2/c1-4-8-31(39-27-13-14-27)24(2)21-26-15-16-42(34-12-6-5-9-28(34)25(26)3)36(43)33-11-7-10-32(40-33)29-22-35(38-23-30(29)37)41-17-19-44-20-18-41/h5-12,21-23,27,39H,4,13-20H2,1-3H3/b24-21+,31-8+. The van der Waals surface area contributed by atoms with Crippen molar-refractivity contribution in [3.05, 3.63) is 101 Å². The van der Waals surface area contributed by atoms with Crippen molar-refractivity contribution in [2.45, 2.75) is 52.5 Å². The number of carbonyl (C=O) groups excluding carboxylic acids is 1. The SMILES string of the molecule is CC/C=C(NC1CC1)\C(C)=C\C1=C(C)c2ccccc2N(C(=O)c2cccc(-c3cc(N4CCOCC4)ncc3F)n2)CC1. The molecule has 1 N–H and O–H groups in total. The van der Waals surface area contributed by atoms with Crippen molar-refractivity contribution in [2.24, 2.45) is 0 Å². The second-order valence-electron chi connectivity index (χ2n) is 11.7. The molecule has 7 nitrogen and oxygen atoms in total. The molecule has 4 heterocycles. The molecule has 1 amide bonds. The monoisotopic (exact) mass is 593 g/mol. The highest BCUT2D eigenvalue weighted by Gasteiger charge is 2.27. The van der Waals surface area contributed by atoms with Gasteiger partial charge in [0.15, 0.2) is 5.82 Å². The predicted octanol–water partition coefficient (Wildman–Crippen LogP) is 6.94. The van der Waals surface area contributed by atoms with Gasteiger partial charge in [0.2, 0.25) is 0 Å². The van der Waals surface area contributed by atoms with E-state index in [1.165, 1.54) is 35.9 Å². The number of benzene rings is 1. The van der Waals surface area contributed by atoms with E-state index in [9.17, 15) is 4.79 Å². The summed E-state index contributed by atoms with van der Waals surface area (Å²) in [5.41, 5.74) is 7.65. The molecule has 6 rings (SSSR count). The van der Waals surface area contributed by atoms with E-state index in [2.05, 4.69) is 59.2 Å². The van der Waals surface area contributed by atoms with Crippen LogP contribution in [0.15, 0.2) is 83.7 Å². The fourth-order valence-corrected chi connectivity index (χ4v) is 5.89. The van der Waals surface area contributed by atoms with Crippen LogP contribution in [0.1, 0.15) is 62.5 Å². The highest BCUT2D eigenvalue weighted by Crippen LogP contribution is 2.36. The summed E-state index contributed by atoms with van der Waals surface area (Å²) in [5.74, 6) is -0.0104. The van der Waals surface area contributed by atoms with Crippen LogP contribution in [0.25, 0.3) is 16.8 Å². The Morgan fingerprint density at radius 1 is 1.09 bits per heavy atom. The maximum absolute atomic E-state index is 15.1. The highest BCUT2D eigenvalue weighted by atomic mass is 19.1. The van der Waals surface area contributed by atoms with E-state index in [0.717, 1.165) is 23.2 Å². The molecule has 0 spiro atoms. The molecule has 3 aromatic rings. The molecule has 228 valence electrons. The van der Waals surface area contributed by atoms with Crippen LogP contribution < -0.4 is 15.1 Å². The molecule has 8 heteroatoms. The van der Waals surface area contributed by atoms with E-state index < -0.39 is 5.82 Å². The molecule has 2 aliphatic heterocycles. The van der Waals surface area contributed by atoms with Crippen molar-refractivity contribution in [1.82, 2.24) is 15.3 Å². The number of aromatic nitrogens is 2. The summed E-state index contributed by atoms with van der Waals surface area (Å²) in [7, 11) is 0. The van der Waals surface area contributed by atoms with Crippen molar-refractivity contribution in [3.8, 4) is 11.3 Å². The van der Waals surface area contributed by atoms with Crippen LogP contribution in [0.5, 0.6) is 0 Å². The molecule has 0 radical (unpaired) electrons. The van der Waals surface area contributed by atoms with E-state index in [-0.39, 0.29) is 11.6 Å². The number of morpholine rings is 1. The number of ether oxygens (including phenoxy) is 1. The first kappa shape index (κ1) is 29.8. The molecular formula is C36H40FN5O2. The number of anilines is 2. The minimum absolute atomic E-state index is 0.209. The van der Waals surface area contributed by atoms with Crippen LogP contribution in [0.3, 0.4) is 0 Å². The molecule has 2 aromatic heterocycles. The lowest BCUT2D eigenvalue weighted by Crippen LogP contribution is -2.36. The molecule has 0 atom stereocenters. The Hall–Kier alpha value is -4.30. The Kier molecular flexibility index (Phi) is 8.89. The third kappa shape index (κ3) is 6.45. The average molecular weight is 594 g/mol. The first-order valence-electron chi connectivity index (χ1n) is 15.6. The third-order valence-electron chi connectivity index (χ3n) is 8.51. The van der Waals surface area contributed by atoms with Crippen molar-refractivity contribution < 1.29 is 13.9 Å². The van der Waals surface area contributed by atoms with Crippen molar-refractivity contribution in [2.75, 3.05) is 42.6 Å². The number of rotatable bonds is 8. The Morgan fingerprint density at radius 3 is 2.66 bits per heavy atom. The number of para-hydroxylation sites is 1. The van der Waals surface area contributed by atoms with Gasteiger partial charge in [0, 0.05) is 42.5 Å². The van der Waals surface area contributed by atoms with Gasteiger partial charge in [-0.15, -0.1) is 0 Å². The van der Waals surface area contributed by atoms with Crippen LogP contribution in [-0.2, 0) is 4.74 Å². The zero-order chi connectivity index (χ0) is 30.6. The molecule has 1 aliphatic carbocycles. The fraction of sp³-hybridized carbons (Fsp3) is 0.361. The number of amides is 1. The second kappa shape index (κ2) is 13.1. The molecule has 1 saturated carbocycles. The number of fused-ring (bicyclic) bond motifs is 1. The van der Waals surface area contributed by atoms with Gasteiger partial charge in [-0.3, -0.25) is 4.79 Å². The zero-order valence-electron chi connectivity index (χ0n) is 25.8. The largest absolute Gasteiger partial charge is 0.382 e. The van der Waals surface area contributed by atoms with Gasteiger partial charge in [0.25, 0.3) is 5.91 Å². The average Bonchev–Trinajstić information content (AvgIpc) is 3.89. The number of allylic oxidation sites excluding steroid dienone is 4. The first-order valence-corrected chi connectivity index (χ1v) is 15.6. The van der Waals surface area contributed by atoms with Crippen LogP contribution >= 0.6 is 0 Å². The minimum atomic E-state index is -0.474. The Labute approximate surface area is 259 Å². The van der Waals surface area contributed by atoms with E-state index >= 15 is 4.39 Å². The lowest BCUT2D eigenvalue weighted by Gasteiger charge is -2.28. The summed E-state index contributed by atoms with van der Waals surface area (Å²) >= 11 is 0. The second-order valence-corrected chi connectivity index (χ2v) is 11.7. The summed E-state index contributed by atoms with van der Waals surface area (Å²) in [6.45, 7) is 9.56. The van der Waals surface area contributed by atoms with E-state index in [0.29, 0.717) is 62.4 Å². The summed E-state index contributed by atoms with van der Waals surface area (Å²) < 4.78 is 20.5. The van der Waals surface area contributed by atoms with Crippen molar-refractivity contribution >= 4 is 23.0 Å². The highest BCUT2D eigenvalue weighted by molar-refractivity contribution is 6.07. The molecule has 2 fully saturated rings. The lowest BCUT2D eigenvalue weighted by atomic mass is 9.97. The van der Waals surface area contributed by atoms with Crippen molar-refractivity contribution in [3.63, 3.8) is 0 Å². The maximum atomic E-state index is 15.1. The Bertz CT molecular complexity index is 1630. The molecule has 0 unspecified atom stereocenters. The fourth-order valence-electron chi connectivity index (χ4n) is 5.89. The van der Waals surface area contributed by atoms with Gasteiger partial charge in [0.1, 0.15) is 11.5 Å². The van der Waals surface area contributed by atoms with Gasteiger partial charge in [-0.2, -0.15) is 0 Å². The molecular weight excluding hydrogens is 553 g/mol. The van der Waals surface area contributed by atoms with Crippen molar-refractivity contribution in [1.29, 1.82) is 0 Å². The van der Waals surface area contributed by atoms with Gasteiger partial charge in [-0.25, -0.2) is 14.4 Å². The molecule has 44 heavy (non-hydrogen) atoms. The van der Waals surface area contributed by atoms with Crippen LogP contribution in [0.4, 0.5) is 15.9 Å². The summed E-state index contributed by atoms with van der Waals surface area (Å²) in [6, 6.07) is 15.5. The number of nitrogens with zero attached hydrogens (tertiary/aromatic N) is 4. The van der Waals surface area contributed by atoms with Gasteiger partial charge in [0.05, 0.1) is 30.8 Å². The smallest absolute Gasteiger partial charge is 0.276 e. The van der Waals surface area contributed by atoms with E-state index in [1.807, 2.05) is 23.1 Å². The van der Waals surface area contributed by atoms with Gasteiger partial charge in [-0.05, 0) is 80.5 Å². The number of hydrogen-bond donors (Lipinski definition) is 1. The molecule has 3 aliphatic rings. The van der Waals surface area contributed by atoms with Crippen LogP contribution in [0.2, 0.25) is 0 Å². The summed E-state index contributed by atoms with van der Waals surface area (Å²) in [4.78, 5) is 27.0. The number of hydrogen-bond acceptors (Lipinski definition) is 6. The summed E-state index contributed by atoms with van der Waals surface area (Å²) in [5, 5.41) is 3.68. The predicted molar refractivity (Wildman–Crippen MR) is 174 cm³/mol. The van der Waals surface area contributed by atoms with Gasteiger partial charge in [-0.1, -0.05) is 43.3 Å². The molecule has 0 bridgehead atoms. The molecule has 1 saturated heterocycles. The normalized spacial score (nSPS) is 17.8. The van der Waals surface area contributed by atoms with Gasteiger partial charge >= 0.3 is 0 Å². The van der Waals surface area contributed by atoms with Crippen LogP contribution in [-0.4, -0.2) is 54.8 Å².